The molecule has 0 radical (unpaired) electrons. The summed E-state index contributed by atoms with van der Waals surface area (Å²) in [6.45, 7) is 0. The lowest BCUT2D eigenvalue weighted by molar-refractivity contribution is -0.832. The molecule has 0 bridgehead atoms. The molecule has 0 spiro atoms. The molecule has 0 amide bonds. The Hall–Kier alpha value is -3.60. The van der Waals surface area contributed by atoms with Crippen LogP contribution in [0.3, 0.4) is 0 Å². The molecule has 2 aromatic carbocycles. The van der Waals surface area contributed by atoms with Crippen LogP contribution in [-0.4, -0.2) is 31.8 Å². The van der Waals surface area contributed by atoms with E-state index < -0.39 is 26.7 Å². The Bertz CT molecular complexity index is 1090. The Morgan fingerprint density at radius 3 is 2.52 bits per heavy atom. The minimum Gasteiger partial charge on any atom is -0.493 e. The number of carbonyl (C=O) groups is 1. The molecule has 3 aromatic rings. The van der Waals surface area contributed by atoms with Crippen LogP contribution in [0, 0.1) is 5.21 Å². The van der Waals surface area contributed by atoms with Crippen LogP contribution in [0.25, 0.3) is 0 Å². The monoisotopic (exact) mass is 392 g/mol. The molecule has 0 saturated heterocycles. The van der Waals surface area contributed by atoms with E-state index in [2.05, 4.69) is 9.79 Å². The highest BCUT2D eigenvalue weighted by Gasteiger charge is 2.36. The van der Waals surface area contributed by atoms with Gasteiger partial charge in [-0.1, -0.05) is 18.2 Å². The Kier molecular flexibility index (Phi) is 4.69. The molecule has 0 atom stereocenters. The third kappa shape index (κ3) is 3.40. The third-order valence-electron chi connectivity index (χ3n) is 3.47. The molecule has 11 heteroatoms. The van der Waals surface area contributed by atoms with Crippen molar-refractivity contribution < 1.29 is 37.3 Å². The highest BCUT2D eigenvalue weighted by molar-refractivity contribution is 7.91. The van der Waals surface area contributed by atoms with Gasteiger partial charge in [-0.25, -0.2) is 13.2 Å². The van der Waals surface area contributed by atoms with E-state index in [1.807, 2.05) is 0 Å². The molecular weight excluding hydrogens is 380 g/mol. The van der Waals surface area contributed by atoms with E-state index in [0.29, 0.717) is 0 Å². The number of hydrogen-bond donors (Lipinski definition) is 1. The quantitative estimate of drug-likeness (QED) is 0.619. The van der Waals surface area contributed by atoms with Crippen molar-refractivity contribution >= 4 is 15.8 Å². The molecule has 0 aliphatic rings. The van der Waals surface area contributed by atoms with E-state index in [1.54, 1.807) is 6.07 Å². The van der Waals surface area contributed by atoms with Crippen LogP contribution >= 0.6 is 0 Å². The van der Waals surface area contributed by atoms with Crippen molar-refractivity contribution in [2.24, 2.45) is 0 Å². The van der Waals surface area contributed by atoms with Crippen molar-refractivity contribution in [3.63, 3.8) is 0 Å². The summed E-state index contributed by atoms with van der Waals surface area (Å²) in [6, 6.07) is 10.8. The molecule has 1 N–H and O–H groups in total. The Morgan fingerprint density at radius 1 is 1.19 bits per heavy atom. The van der Waals surface area contributed by atoms with Gasteiger partial charge >= 0.3 is 16.9 Å². The van der Waals surface area contributed by atoms with Crippen molar-refractivity contribution in [1.29, 1.82) is 0 Å². The summed E-state index contributed by atoms with van der Waals surface area (Å²) in [4.78, 5) is 10.6. The smallest absolute Gasteiger partial charge is 0.420 e. The van der Waals surface area contributed by atoms with Crippen LogP contribution in [0.2, 0.25) is 0 Å². The fraction of sp³-hybridized carbons (Fsp3) is 0.0625. The van der Waals surface area contributed by atoms with Gasteiger partial charge in [-0.05, 0) is 35.2 Å². The van der Waals surface area contributed by atoms with Gasteiger partial charge < -0.3 is 19.8 Å². The van der Waals surface area contributed by atoms with E-state index in [-0.39, 0.29) is 26.9 Å². The summed E-state index contributed by atoms with van der Waals surface area (Å²) >= 11 is 0. The first-order valence-corrected chi connectivity index (χ1v) is 8.82. The summed E-state index contributed by atoms with van der Waals surface area (Å²) in [5.74, 6) is -1.86. The van der Waals surface area contributed by atoms with Gasteiger partial charge in [0.1, 0.15) is 0 Å². The van der Waals surface area contributed by atoms with Crippen LogP contribution in [0.4, 0.5) is 0 Å². The highest BCUT2D eigenvalue weighted by atomic mass is 32.2. The minimum atomic E-state index is -4.28. The summed E-state index contributed by atoms with van der Waals surface area (Å²) < 4.78 is 40.2. The van der Waals surface area contributed by atoms with Gasteiger partial charge in [-0.15, -0.1) is 0 Å². The van der Waals surface area contributed by atoms with E-state index in [1.165, 1.54) is 49.6 Å². The number of methoxy groups -OCH3 is 1. The number of nitrogens with zero attached hydrogens (tertiary/aromatic N) is 2. The molecule has 1 aromatic heterocycles. The van der Waals surface area contributed by atoms with Gasteiger partial charge in [0.25, 0.3) is 9.84 Å². The number of carboxylic acid groups (broad SMARTS) is 1. The Labute approximate surface area is 152 Å². The summed E-state index contributed by atoms with van der Waals surface area (Å²) in [6.07, 6.45) is 0. The average molecular weight is 392 g/mol. The zero-order valence-corrected chi connectivity index (χ0v) is 14.5. The second-order valence-electron chi connectivity index (χ2n) is 5.13. The number of ether oxygens (including phenoxy) is 2. The number of aromatic carboxylic acids is 1. The van der Waals surface area contributed by atoms with E-state index in [9.17, 15) is 18.4 Å². The normalized spacial score (nSPS) is 11.1. The first-order chi connectivity index (χ1) is 12.8. The lowest BCUT2D eigenvalue weighted by Crippen LogP contribution is -2.30. The molecule has 0 unspecified atom stereocenters. The van der Waals surface area contributed by atoms with E-state index >= 15 is 0 Å². The fourth-order valence-electron chi connectivity index (χ4n) is 2.20. The molecule has 0 aliphatic heterocycles. The standard InChI is InChI=1S/C16H12N2O8S/c1-24-13-9-10(16(19)20)7-8-12(13)25-14-15(18(21)26-17-14)27(22,23)11-5-3-2-4-6-11/h2-9H,1H3,(H,19,20). The third-order valence-corrected chi connectivity index (χ3v) is 5.20. The van der Waals surface area contributed by atoms with Crippen LogP contribution in [0.15, 0.2) is 63.1 Å². The molecule has 10 nitrogen and oxygen atoms in total. The molecule has 3 rings (SSSR count). The second kappa shape index (κ2) is 6.96. The van der Waals surface area contributed by atoms with Gasteiger partial charge in [0, 0.05) is 0 Å². The Morgan fingerprint density at radius 2 is 1.89 bits per heavy atom. The van der Waals surface area contributed by atoms with Crippen molar-refractivity contribution in [1.82, 2.24) is 5.16 Å². The fourth-order valence-corrected chi connectivity index (χ4v) is 3.48. The second-order valence-corrected chi connectivity index (χ2v) is 6.99. The van der Waals surface area contributed by atoms with Gasteiger partial charge in [0.15, 0.2) is 11.5 Å². The average Bonchev–Trinajstić information content (AvgIpc) is 3.03. The number of sulfone groups is 1. The van der Waals surface area contributed by atoms with Gasteiger partial charge in [0.05, 0.1) is 22.7 Å². The SMILES string of the molecule is COc1cc(C(=O)O)ccc1Oc1no[n+]([O-])c1S(=O)(=O)c1ccccc1. The van der Waals surface area contributed by atoms with Crippen molar-refractivity contribution in [3.05, 3.63) is 59.3 Å². The molecule has 0 aliphatic carbocycles. The topological polar surface area (TPSA) is 143 Å². The number of hydrogen-bond acceptors (Lipinski definition) is 8. The van der Waals surface area contributed by atoms with Crippen LogP contribution in [0.5, 0.6) is 17.4 Å². The number of benzene rings is 2. The van der Waals surface area contributed by atoms with Gasteiger partial charge in [-0.2, -0.15) is 0 Å². The summed E-state index contributed by atoms with van der Waals surface area (Å²) in [5, 5.41) is 23.4. The largest absolute Gasteiger partial charge is 0.493 e. The lowest BCUT2D eigenvalue weighted by atomic mass is 10.2. The maximum atomic E-state index is 12.7. The molecule has 140 valence electrons. The molecular formula is C16H12N2O8S. The van der Waals surface area contributed by atoms with Crippen LogP contribution in [-0.2, 0) is 9.84 Å². The zero-order chi connectivity index (χ0) is 19.6. The summed E-state index contributed by atoms with van der Waals surface area (Å²) in [5.41, 5.74) is -0.0737. The summed E-state index contributed by atoms with van der Waals surface area (Å²) in [7, 11) is -3.01. The zero-order valence-electron chi connectivity index (χ0n) is 13.7. The maximum Gasteiger partial charge on any atom is 0.420 e. The highest BCUT2D eigenvalue weighted by Crippen LogP contribution is 2.34. The minimum absolute atomic E-state index is 0.00147. The molecule has 0 saturated carbocycles. The number of rotatable bonds is 6. The van der Waals surface area contributed by atoms with E-state index in [0.717, 1.165) is 0 Å². The van der Waals surface area contributed by atoms with Crippen molar-refractivity contribution in [2.45, 2.75) is 9.92 Å². The Balaban J connectivity index is 2.05. The molecule has 27 heavy (non-hydrogen) atoms. The molecule has 0 fully saturated rings. The number of carboxylic acids is 1. The van der Waals surface area contributed by atoms with Gasteiger partial charge in [-0.3, -0.25) is 4.63 Å². The van der Waals surface area contributed by atoms with Crippen LogP contribution < -0.4 is 14.4 Å². The maximum absolute atomic E-state index is 12.7. The van der Waals surface area contributed by atoms with Crippen molar-refractivity contribution in [3.8, 4) is 17.4 Å². The van der Waals surface area contributed by atoms with E-state index in [4.69, 9.17) is 14.6 Å². The molecule has 1 heterocycles. The predicted molar refractivity (Wildman–Crippen MR) is 87.4 cm³/mol. The van der Waals surface area contributed by atoms with Gasteiger partial charge in [0.2, 0.25) is 0 Å². The number of aromatic nitrogens is 2. The first-order valence-electron chi connectivity index (χ1n) is 7.33. The predicted octanol–water partition coefficient (Wildman–Crippen LogP) is 1.64. The van der Waals surface area contributed by atoms with Crippen LogP contribution in [0.1, 0.15) is 10.4 Å². The van der Waals surface area contributed by atoms with Crippen molar-refractivity contribution in [2.75, 3.05) is 7.11 Å². The lowest BCUT2D eigenvalue weighted by Gasteiger charge is -2.08. The first kappa shape index (κ1) is 18.2.